The molecule has 0 bridgehead atoms. The molecule has 14 heteroatoms. The van der Waals surface area contributed by atoms with Crippen LogP contribution in [0.15, 0.2) is 4.79 Å². The molecule has 3 heterocycles. The molecule has 1 aliphatic rings. The molecule has 0 aromatic carbocycles. The average Bonchev–Trinajstić information content (AvgIpc) is 3.18. The Kier molecular flexibility index (Phi) is 6.72. The summed E-state index contributed by atoms with van der Waals surface area (Å²) < 4.78 is 17.2. The second-order valence-electron chi connectivity index (χ2n) is 6.33. The lowest BCUT2D eigenvalue weighted by atomic mass is 10.1. The van der Waals surface area contributed by atoms with Crippen molar-refractivity contribution in [2.75, 3.05) is 32.2 Å². The van der Waals surface area contributed by atoms with Gasteiger partial charge in [0.05, 0.1) is 13.2 Å². The number of ether oxygens (including phenoxy) is 3. The number of amides is 1. The fraction of sp³-hybridized carbons (Fsp3) is 0.625. The number of nitrogen functional groups attached to an aromatic ring is 1. The second kappa shape index (κ2) is 9.09. The van der Waals surface area contributed by atoms with Crippen molar-refractivity contribution in [3.63, 3.8) is 0 Å². The van der Waals surface area contributed by atoms with Crippen LogP contribution in [0.3, 0.4) is 0 Å². The number of hydrogen-bond acceptors (Lipinski definition) is 12. The van der Waals surface area contributed by atoms with E-state index in [0.717, 1.165) is 15.9 Å². The topological polar surface area (TPSA) is 182 Å². The number of carbonyl (C=O) groups is 1. The van der Waals surface area contributed by atoms with E-state index in [1.807, 2.05) is 0 Å². The molecular weight excluding hydrogens is 422 g/mol. The van der Waals surface area contributed by atoms with E-state index in [2.05, 4.69) is 9.97 Å². The molecule has 0 radical (unpaired) electrons. The Morgan fingerprint density at radius 2 is 2.07 bits per heavy atom. The highest BCUT2D eigenvalue weighted by Crippen LogP contribution is 2.34. The maximum Gasteiger partial charge on any atom is 0.412 e. The first-order valence-corrected chi connectivity index (χ1v) is 9.99. The molecule has 0 aliphatic carbocycles. The molecule has 1 amide bonds. The molecule has 1 aliphatic heterocycles. The molecule has 0 unspecified atom stereocenters. The van der Waals surface area contributed by atoms with Crippen LogP contribution in [0.5, 0.6) is 5.88 Å². The van der Waals surface area contributed by atoms with Gasteiger partial charge in [0.2, 0.25) is 11.8 Å². The highest BCUT2D eigenvalue weighted by Gasteiger charge is 2.45. The van der Waals surface area contributed by atoms with Gasteiger partial charge in [-0.3, -0.25) is 14.3 Å². The van der Waals surface area contributed by atoms with Crippen LogP contribution in [0.1, 0.15) is 20.1 Å². The molecule has 0 saturated carbocycles. The minimum absolute atomic E-state index is 0.0292. The van der Waals surface area contributed by atoms with Crippen molar-refractivity contribution in [2.24, 2.45) is 0 Å². The van der Waals surface area contributed by atoms with Gasteiger partial charge in [-0.1, -0.05) is 11.3 Å². The van der Waals surface area contributed by atoms with Gasteiger partial charge >= 0.3 is 11.0 Å². The summed E-state index contributed by atoms with van der Waals surface area (Å²) in [5.74, 6) is -0.247. The molecule has 30 heavy (non-hydrogen) atoms. The fourth-order valence-corrected chi connectivity index (χ4v) is 3.84. The number of nitrogens with zero attached hydrogens (tertiary/aromatic N) is 4. The van der Waals surface area contributed by atoms with E-state index < -0.39 is 42.1 Å². The summed E-state index contributed by atoms with van der Waals surface area (Å²) >= 11 is 0.723. The van der Waals surface area contributed by atoms with Crippen molar-refractivity contribution < 1.29 is 34.3 Å². The SMILES string of the molecule is CCOC(=O)N(CC)COc1nc(N)nc2c1sc(=O)n2[C@@H]1O[C@H](CO)[C@@H](O)[C@H]1O. The van der Waals surface area contributed by atoms with E-state index in [0.29, 0.717) is 6.54 Å². The van der Waals surface area contributed by atoms with Crippen LogP contribution in [0.4, 0.5) is 10.7 Å². The van der Waals surface area contributed by atoms with Crippen molar-refractivity contribution in [3.8, 4) is 5.88 Å². The van der Waals surface area contributed by atoms with Crippen molar-refractivity contribution >= 4 is 33.7 Å². The van der Waals surface area contributed by atoms with Crippen LogP contribution < -0.4 is 15.3 Å². The van der Waals surface area contributed by atoms with Gasteiger partial charge in [0.25, 0.3) is 0 Å². The molecule has 1 fully saturated rings. The first-order valence-electron chi connectivity index (χ1n) is 9.17. The number of aromatic nitrogens is 3. The normalized spacial score (nSPS) is 23.6. The molecule has 4 atom stereocenters. The zero-order valence-electron chi connectivity index (χ0n) is 16.3. The third kappa shape index (κ3) is 4.04. The Hall–Kier alpha value is -2.52. The molecule has 166 valence electrons. The third-order valence-electron chi connectivity index (χ3n) is 4.48. The van der Waals surface area contributed by atoms with E-state index >= 15 is 0 Å². The first kappa shape index (κ1) is 22.2. The molecule has 5 N–H and O–H groups in total. The van der Waals surface area contributed by atoms with Gasteiger partial charge in [-0.2, -0.15) is 9.97 Å². The third-order valence-corrected chi connectivity index (χ3v) is 5.42. The largest absolute Gasteiger partial charge is 0.455 e. The molecule has 2 aromatic rings. The van der Waals surface area contributed by atoms with Gasteiger partial charge in [0.15, 0.2) is 18.6 Å². The number of aliphatic hydroxyl groups excluding tert-OH is 3. The van der Waals surface area contributed by atoms with E-state index in [1.165, 1.54) is 4.90 Å². The highest BCUT2D eigenvalue weighted by molar-refractivity contribution is 7.16. The second-order valence-corrected chi connectivity index (χ2v) is 7.30. The van der Waals surface area contributed by atoms with Gasteiger partial charge in [-0.15, -0.1) is 0 Å². The lowest BCUT2D eigenvalue weighted by Crippen LogP contribution is -2.35. The maximum atomic E-state index is 12.6. The summed E-state index contributed by atoms with van der Waals surface area (Å²) in [5.41, 5.74) is 5.78. The van der Waals surface area contributed by atoms with Crippen LogP contribution in [0.2, 0.25) is 0 Å². The molecule has 13 nitrogen and oxygen atoms in total. The number of anilines is 1. The summed E-state index contributed by atoms with van der Waals surface area (Å²) in [4.78, 5) is 33.3. The zero-order chi connectivity index (χ0) is 22.0. The van der Waals surface area contributed by atoms with Gasteiger partial charge in [0, 0.05) is 6.54 Å². The number of thiazole rings is 1. The summed E-state index contributed by atoms with van der Waals surface area (Å²) in [6.45, 7) is 3.18. The smallest absolute Gasteiger partial charge is 0.412 e. The van der Waals surface area contributed by atoms with Crippen LogP contribution >= 0.6 is 11.3 Å². The summed E-state index contributed by atoms with van der Waals surface area (Å²) in [6, 6.07) is 0. The summed E-state index contributed by atoms with van der Waals surface area (Å²) in [5, 5.41) is 29.5. The number of fused-ring (bicyclic) bond motifs is 1. The number of aliphatic hydroxyl groups is 3. The van der Waals surface area contributed by atoms with Crippen molar-refractivity contribution in [1.29, 1.82) is 0 Å². The average molecular weight is 445 g/mol. The van der Waals surface area contributed by atoms with Gasteiger partial charge < -0.3 is 35.3 Å². The molecular formula is C16H23N5O8S. The number of nitrogens with two attached hydrogens (primary N) is 1. The van der Waals surface area contributed by atoms with Crippen LogP contribution in [0.25, 0.3) is 10.3 Å². The van der Waals surface area contributed by atoms with Crippen molar-refractivity contribution in [3.05, 3.63) is 9.67 Å². The van der Waals surface area contributed by atoms with E-state index in [1.54, 1.807) is 13.8 Å². The monoisotopic (exact) mass is 445 g/mol. The predicted molar refractivity (Wildman–Crippen MR) is 104 cm³/mol. The lowest BCUT2D eigenvalue weighted by Gasteiger charge is -2.20. The Morgan fingerprint density at radius 1 is 1.33 bits per heavy atom. The number of carbonyl (C=O) groups excluding carboxylic acids is 1. The van der Waals surface area contributed by atoms with Crippen LogP contribution in [-0.4, -0.2) is 85.6 Å². The molecule has 0 spiro atoms. The van der Waals surface area contributed by atoms with E-state index in [9.17, 15) is 24.9 Å². The highest BCUT2D eigenvalue weighted by atomic mass is 32.1. The minimum atomic E-state index is -1.47. The van der Waals surface area contributed by atoms with E-state index in [4.69, 9.17) is 19.9 Å². The molecule has 2 aromatic heterocycles. The standard InChI is InChI=1S/C16H23N5O8S/c1-3-20(15(25)27-4-2)6-28-12-10-11(18-14(17)19-12)21(16(26)30-10)13-9(24)8(23)7(5-22)29-13/h7-9,13,22-24H,3-6H2,1-2H3,(H2,17,18,19)/t7-,8-,9-,13-/m1/s1. The Balaban J connectivity index is 1.95. The van der Waals surface area contributed by atoms with Gasteiger partial charge in [-0.05, 0) is 13.8 Å². The van der Waals surface area contributed by atoms with Gasteiger partial charge in [-0.25, -0.2) is 4.79 Å². The minimum Gasteiger partial charge on any atom is -0.455 e. The van der Waals surface area contributed by atoms with Crippen LogP contribution in [0, 0.1) is 0 Å². The Bertz CT molecular complexity index is 965. The Labute approximate surface area is 174 Å². The number of hydrogen-bond donors (Lipinski definition) is 4. The quantitative estimate of drug-likeness (QED) is 0.378. The Morgan fingerprint density at radius 3 is 2.67 bits per heavy atom. The van der Waals surface area contributed by atoms with Crippen LogP contribution in [-0.2, 0) is 9.47 Å². The summed E-state index contributed by atoms with van der Waals surface area (Å²) in [6.07, 6.45) is -5.79. The number of rotatable bonds is 7. The zero-order valence-corrected chi connectivity index (χ0v) is 17.1. The summed E-state index contributed by atoms with van der Waals surface area (Å²) in [7, 11) is 0. The van der Waals surface area contributed by atoms with Gasteiger partial charge in [0.1, 0.15) is 23.0 Å². The van der Waals surface area contributed by atoms with Crippen molar-refractivity contribution in [1.82, 2.24) is 19.4 Å². The predicted octanol–water partition coefficient (Wildman–Crippen LogP) is -1.14. The lowest BCUT2D eigenvalue weighted by molar-refractivity contribution is -0.0518. The maximum absolute atomic E-state index is 12.6. The molecule has 1 saturated heterocycles. The van der Waals surface area contributed by atoms with Crippen molar-refractivity contribution in [2.45, 2.75) is 38.4 Å². The first-order chi connectivity index (χ1) is 14.3. The molecule has 3 rings (SSSR count). The van der Waals surface area contributed by atoms with E-state index in [-0.39, 0.29) is 35.5 Å². The fourth-order valence-electron chi connectivity index (χ4n) is 2.95.